The van der Waals surface area contributed by atoms with Crippen molar-refractivity contribution in [2.75, 3.05) is 19.6 Å². The average Bonchev–Trinajstić information content (AvgIpc) is 2.44. The van der Waals surface area contributed by atoms with Gasteiger partial charge in [0.15, 0.2) is 0 Å². The molecular weight excluding hydrogens is 274 g/mol. The Labute approximate surface area is 125 Å². The Morgan fingerprint density at radius 1 is 1.14 bits per heavy atom. The van der Waals surface area contributed by atoms with Crippen LogP contribution in [0.5, 0.6) is 0 Å². The maximum Gasteiger partial charge on any atom is 0.326 e. The highest BCUT2D eigenvalue weighted by molar-refractivity contribution is 5.86. The minimum Gasteiger partial charge on any atom is -0.480 e. The standard InChI is InChI=1S/C14H25N3O4/c1-10(2)8-11(13(19)20)16-14(21)15-9-12(18)17-6-4-3-5-7-17/h10-11H,3-9H2,1-2H3,(H,19,20)(H2,15,16,21)/t11-/m0/s1. The van der Waals surface area contributed by atoms with Gasteiger partial charge >= 0.3 is 12.0 Å². The first kappa shape index (κ1) is 17.3. The molecule has 0 unspecified atom stereocenters. The summed E-state index contributed by atoms with van der Waals surface area (Å²) in [6, 6.07) is -1.55. The van der Waals surface area contributed by atoms with Crippen molar-refractivity contribution in [2.24, 2.45) is 5.92 Å². The van der Waals surface area contributed by atoms with Crippen LogP contribution < -0.4 is 10.6 Å². The Morgan fingerprint density at radius 2 is 1.76 bits per heavy atom. The number of aliphatic carboxylic acids is 1. The van der Waals surface area contributed by atoms with E-state index >= 15 is 0 Å². The van der Waals surface area contributed by atoms with Gasteiger partial charge in [0.1, 0.15) is 6.04 Å². The lowest BCUT2D eigenvalue weighted by Gasteiger charge is -2.26. The third-order valence-corrected chi connectivity index (χ3v) is 3.42. The molecule has 3 N–H and O–H groups in total. The molecule has 1 heterocycles. The molecule has 21 heavy (non-hydrogen) atoms. The average molecular weight is 299 g/mol. The van der Waals surface area contributed by atoms with Gasteiger partial charge in [-0.05, 0) is 31.6 Å². The van der Waals surface area contributed by atoms with Gasteiger partial charge in [0.2, 0.25) is 5.91 Å². The molecule has 7 nitrogen and oxygen atoms in total. The predicted molar refractivity (Wildman–Crippen MR) is 77.8 cm³/mol. The van der Waals surface area contributed by atoms with Crippen LogP contribution in [-0.4, -0.2) is 53.6 Å². The topological polar surface area (TPSA) is 98.7 Å². The summed E-state index contributed by atoms with van der Waals surface area (Å²) in [6.07, 6.45) is 3.47. The highest BCUT2D eigenvalue weighted by atomic mass is 16.4. The zero-order valence-corrected chi connectivity index (χ0v) is 12.7. The molecule has 0 aliphatic carbocycles. The molecule has 1 atom stereocenters. The van der Waals surface area contributed by atoms with E-state index in [9.17, 15) is 14.4 Å². The number of hydrogen-bond donors (Lipinski definition) is 3. The zero-order valence-electron chi connectivity index (χ0n) is 12.7. The van der Waals surface area contributed by atoms with Crippen LogP contribution in [0.3, 0.4) is 0 Å². The molecule has 1 aliphatic rings. The quantitative estimate of drug-likeness (QED) is 0.675. The van der Waals surface area contributed by atoms with Gasteiger partial charge < -0.3 is 20.6 Å². The summed E-state index contributed by atoms with van der Waals surface area (Å²) >= 11 is 0. The summed E-state index contributed by atoms with van der Waals surface area (Å²) in [5.41, 5.74) is 0. The number of urea groups is 1. The van der Waals surface area contributed by atoms with Crippen LogP contribution in [0, 0.1) is 5.92 Å². The van der Waals surface area contributed by atoms with Gasteiger partial charge in [-0.2, -0.15) is 0 Å². The first-order valence-electron chi connectivity index (χ1n) is 7.45. The number of carboxylic acid groups (broad SMARTS) is 1. The molecule has 0 saturated carbocycles. The van der Waals surface area contributed by atoms with Gasteiger partial charge in [-0.25, -0.2) is 9.59 Å². The summed E-state index contributed by atoms with van der Waals surface area (Å²) in [7, 11) is 0. The Balaban J connectivity index is 2.34. The number of nitrogens with one attached hydrogen (secondary N) is 2. The minimum absolute atomic E-state index is 0.0974. The maximum absolute atomic E-state index is 11.9. The number of nitrogens with zero attached hydrogens (tertiary/aromatic N) is 1. The molecule has 7 heteroatoms. The molecule has 0 radical (unpaired) electrons. The molecular formula is C14H25N3O4. The maximum atomic E-state index is 11.9. The number of rotatable bonds is 6. The number of carbonyl (C=O) groups is 3. The number of carboxylic acids is 1. The normalized spacial score (nSPS) is 16.4. The van der Waals surface area contributed by atoms with Crippen molar-refractivity contribution in [3.05, 3.63) is 0 Å². The van der Waals surface area contributed by atoms with Crippen LogP contribution in [-0.2, 0) is 9.59 Å². The number of piperidine rings is 1. The number of likely N-dealkylation sites (tertiary alicyclic amines) is 1. The van der Waals surface area contributed by atoms with E-state index in [-0.39, 0.29) is 18.4 Å². The summed E-state index contributed by atoms with van der Waals surface area (Å²) in [6.45, 7) is 5.13. The molecule has 120 valence electrons. The lowest BCUT2D eigenvalue weighted by atomic mass is 10.0. The Morgan fingerprint density at radius 3 is 2.29 bits per heavy atom. The van der Waals surface area contributed by atoms with Crippen molar-refractivity contribution in [1.29, 1.82) is 0 Å². The second kappa shape index (κ2) is 8.49. The second-order valence-corrected chi connectivity index (χ2v) is 5.79. The van der Waals surface area contributed by atoms with Crippen LogP contribution in [0.25, 0.3) is 0 Å². The fraction of sp³-hybridized carbons (Fsp3) is 0.786. The monoisotopic (exact) mass is 299 g/mol. The summed E-state index contributed by atoms with van der Waals surface area (Å²) in [5.74, 6) is -1.04. The van der Waals surface area contributed by atoms with Crippen molar-refractivity contribution in [1.82, 2.24) is 15.5 Å². The van der Waals surface area contributed by atoms with Crippen molar-refractivity contribution in [2.45, 2.75) is 45.6 Å². The van der Waals surface area contributed by atoms with E-state index in [1.165, 1.54) is 0 Å². The predicted octanol–water partition coefficient (Wildman–Crippen LogP) is 0.797. The first-order chi connectivity index (χ1) is 9.90. The molecule has 0 aromatic heterocycles. The number of hydrogen-bond acceptors (Lipinski definition) is 3. The first-order valence-corrected chi connectivity index (χ1v) is 7.45. The number of amides is 3. The Bertz CT molecular complexity index is 378. The Kier molecular flexibility index (Phi) is 6.98. The summed E-state index contributed by atoms with van der Waals surface area (Å²) in [4.78, 5) is 36.3. The summed E-state index contributed by atoms with van der Waals surface area (Å²) < 4.78 is 0. The van der Waals surface area contributed by atoms with Crippen LogP contribution in [0.4, 0.5) is 4.79 Å². The molecule has 0 aromatic carbocycles. The highest BCUT2D eigenvalue weighted by Crippen LogP contribution is 2.08. The molecule has 1 aliphatic heterocycles. The second-order valence-electron chi connectivity index (χ2n) is 5.79. The van der Waals surface area contributed by atoms with Crippen LogP contribution in [0.1, 0.15) is 39.5 Å². The van der Waals surface area contributed by atoms with Crippen molar-refractivity contribution < 1.29 is 19.5 Å². The van der Waals surface area contributed by atoms with E-state index in [0.717, 1.165) is 32.4 Å². The number of carbonyl (C=O) groups excluding carboxylic acids is 2. The smallest absolute Gasteiger partial charge is 0.326 e. The lowest BCUT2D eigenvalue weighted by molar-refractivity contribution is -0.139. The molecule has 1 fully saturated rings. The van der Waals surface area contributed by atoms with Crippen LogP contribution in [0.15, 0.2) is 0 Å². The van der Waals surface area contributed by atoms with Gasteiger partial charge in [-0.1, -0.05) is 13.8 Å². The van der Waals surface area contributed by atoms with E-state index in [1.54, 1.807) is 4.90 Å². The van der Waals surface area contributed by atoms with Crippen molar-refractivity contribution >= 4 is 17.9 Å². The summed E-state index contributed by atoms with van der Waals surface area (Å²) in [5, 5.41) is 13.9. The lowest BCUT2D eigenvalue weighted by Crippen LogP contribution is -2.49. The van der Waals surface area contributed by atoms with Gasteiger partial charge in [-0.15, -0.1) is 0 Å². The largest absolute Gasteiger partial charge is 0.480 e. The molecule has 1 saturated heterocycles. The third-order valence-electron chi connectivity index (χ3n) is 3.42. The highest BCUT2D eigenvalue weighted by Gasteiger charge is 2.22. The zero-order chi connectivity index (χ0) is 15.8. The van der Waals surface area contributed by atoms with E-state index in [0.29, 0.717) is 6.42 Å². The SMILES string of the molecule is CC(C)C[C@H](NC(=O)NCC(=O)N1CCCCC1)C(=O)O. The van der Waals surface area contributed by atoms with Gasteiger partial charge in [0.25, 0.3) is 0 Å². The van der Waals surface area contributed by atoms with Gasteiger partial charge in [0, 0.05) is 13.1 Å². The minimum atomic E-state index is -1.07. The van der Waals surface area contributed by atoms with Crippen molar-refractivity contribution in [3.8, 4) is 0 Å². The van der Waals surface area contributed by atoms with Crippen LogP contribution in [0.2, 0.25) is 0 Å². The fourth-order valence-corrected chi connectivity index (χ4v) is 2.31. The van der Waals surface area contributed by atoms with Gasteiger partial charge in [0.05, 0.1) is 6.54 Å². The van der Waals surface area contributed by atoms with E-state index in [2.05, 4.69) is 10.6 Å². The van der Waals surface area contributed by atoms with E-state index < -0.39 is 18.0 Å². The molecule has 0 bridgehead atoms. The van der Waals surface area contributed by atoms with Gasteiger partial charge in [-0.3, -0.25) is 4.79 Å². The van der Waals surface area contributed by atoms with Crippen molar-refractivity contribution in [3.63, 3.8) is 0 Å². The Hall–Kier alpha value is -1.79. The van der Waals surface area contributed by atoms with Crippen LogP contribution >= 0.6 is 0 Å². The molecule has 3 amide bonds. The molecule has 1 rings (SSSR count). The molecule has 0 aromatic rings. The third kappa shape index (κ3) is 6.46. The van der Waals surface area contributed by atoms with E-state index in [4.69, 9.17) is 5.11 Å². The van der Waals surface area contributed by atoms with E-state index in [1.807, 2.05) is 13.8 Å². The fourth-order valence-electron chi connectivity index (χ4n) is 2.31. The molecule has 0 spiro atoms.